The van der Waals surface area contributed by atoms with Gasteiger partial charge in [-0.2, -0.15) is 0 Å². The molecule has 0 aliphatic carbocycles. The molecule has 1 aromatic rings. The molecular weight excluding hydrogens is 258 g/mol. The molecule has 1 aliphatic rings. The number of methoxy groups -OCH3 is 1. The van der Waals surface area contributed by atoms with E-state index in [0.717, 1.165) is 13.1 Å². The largest absolute Gasteiger partial charge is 0.497 e. The molecule has 1 saturated heterocycles. The summed E-state index contributed by atoms with van der Waals surface area (Å²) in [6, 6.07) is 5.00. The molecule has 3 N–H and O–H groups in total. The van der Waals surface area contributed by atoms with Gasteiger partial charge in [-0.3, -0.25) is 9.69 Å². The molecule has 0 spiro atoms. The molecule has 0 bridgehead atoms. The average Bonchev–Trinajstić information content (AvgIpc) is 2.49. The van der Waals surface area contributed by atoms with Crippen molar-refractivity contribution < 1.29 is 14.3 Å². The van der Waals surface area contributed by atoms with Crippen LogP contribution >= 0.6 is 0 Å². The number of anilines is 2. The van der Waals surface area contributed by atoms with Crippen LogP contribution < -0.4 is 15.8 Å². The van der Waals surface area contributed by atoms with Crippen molar-refractivity contribution in [2.45, 2.75) is 13.0 Å². The highest BCUT2D eigenvalue weighted by atomic mass is 16.5. The molecular formula is C14H21N3O3. The maximum atomic E-state index is 12.2. The van der Waals surface area contributed by atoms with Gasteiger partial charge in [0, 0.05) is 19.2 Å². The smallest absolute Gasteiger partial charge is 0.241 e. The number of rotatable bonds is 4. The van der Waals surface area contributed by atoms with E-state index in [1.165, 1.54) is 0 Å². The van der Waals surface area contributed by atoms with Crippen LogP contribution in [0, 0.1) is 0 Å². The molecule has 1 atom stereocenters. The van der Waals surface area contributed by atoms with Crippen LogP contribution in [0.15, 0.2) is 18.2 Å². The lowest BCUT2D eigenvalue weighted by Gasteiger charge is -2.31. The maximum Gasteiger partial charge on any atom is 0.241 e. The Morgan fingerprint density at radius 1 is 1.45 bits per heavy atom. The molecule has 1 aromatic carbocycles. The Morgan fingerprint density at radius 2 is 2.15 bits per heavy atom. The zero-order chi connectivity index (χ0) is 14.5. The van der Waals surface area contributed by atoms with Crippen molar-refractivity contribution in [1.82, 2.24) is 4.90 Å². The van der Waals surface area contributed by atoms with Crippen LogP contribution in [0.5, 0.6) is 5.75 Å². The van der Waals surface area contributed by atoms with E-state index in [-0.39, 0.29) is 11.9 Å². The third kappa shape index (κ3) is 3.40. The Bertz CT molecular complexity index is 473. The summed E-state index contributed by atoms with van der Waals surface area (Å²) in [5.74, 6) is 0.602. The molecule has 1 unspecified atom stereocenters. The van der Waals surface area contributed by atoms with Gasteiger partial charge in [0.2, 0.25) is 5.91 Å². The van der Waals surface area contributed by atoms with Crippen LogP contribution in [-0.4, -0.2) is 50.3 Å². The Balaban J connectivity index is 1.99. The Labute approximate surface area is 118 Å². The second kappa shape index (κ2) is 6.58. The van der Waals surface area contributed by atoms with Gasteiger partial charge in [0.05, 0.1) is 37.7 Å². The number of carbonyl (C=O) groups excluding carboxylic acids is 1. The van der Waals surface area contributed by atoms with Crippen molar-refractivity contribution in [3.63, 3.8) is 0 Å². The summed E-state index contributed by atoms with van der Waals surface area (Å²) < 4.78 is 10.4. The van der Waals surface area contributed by atoms with E-state index in [0.29, 0.717) is 30.3 Å². The molecule has 6 heteroatoms. The van der Waals surface area contributed by atoms with Crippen molar-refractivity contribution in [2.24, 2.45) is 0 Å². The number of morpholine rings is 1. The van der Waals surface area contributed by atoms with Gasteiger partial charge in [0.15, 0.2) is 0 Å². The molecule has 20 heavy (non-hydrogen) atoms. The topological polar surface area (TPSA) is 76.8 Å². The zero-order valence-corrected chi connectivity index (χ0v) is 11.9. The second-order valence-corrected chi connectivity index (χ2v) is 4.77. The van der Waals surface area contributed by atoms with E-state index >= 15 is 0 Å². The normalized spacial score (nSPS) is 17.5. The molecule has 1 fully saturated rings. The van der Waals surface area contributed by atoms with E-state index in [9.17, 15) is 4.79 Å². The minimum Gasteiger partial charge on any atom is -0.497 e. The number of nitrogen functional groups attached to an aromatic ring is 1. The summed E-state index contributed by atoms with van der Waals surface area (Å²) in [6.07, 6.45) is 0. The fraction of sp³-hybridized carbons (Fsp3) is 0.500. The maximum absolute atomic E-state index is 12.2. The van der Waals surface area contributed by atoms with Crippen molar-refractivity contribution in [1.29, 1.82) is 0 Å². The second-order valence-electron chi connectivity index (χ2n) is 4.77. The minimum atomic E-state index is -0.208. The third-order valence-corrected chi connectivity index (χ3v) is 3.49. The summed E-state index contributed by atoms with van der Waals surface area (Å²) in [4.78, 5) is 14.3. The van der Waals surface area contributed by atoms with Gasteiger partial charge in [-0.1, -0.05) is 0 Å². The van der Waals surface area contributed by atoms with Gasteiger partial charge in [-0.05, 0) is 19.1 Å². The standard InChI is InChI=1S/C14H21N3O3/c1-10(17-5-7-20-8-6-17)14(18)16-13-4-3-11(19-2)9-12(13)15/h3-4,9-10H,5-8,15H2,1-2H3,(H,16,18). The number of nitrogens with one attached hydrogen (secondary N) is 1. The number of benzene rings is 1. The monoisotopic (exact) mass is 279 g/mol. The van der Waals surface area contributed by atoms with Crippen LogP contribution in [0.2, 0.25) is 0 Å². The number of carbonyl (C=O) groups is 1. The van der Waals surface area contributed by atoms with E-state index in [1.54, 1.807) is 25.3 Å². The lowest BCUT2D eigenvalue weighted by Crippen LogP contribution is -2.47. The number of nitrogens with two attached hydrogens (primary N) is 1. The van der Waals surface area contributed by atoms with Crippen molar-refractivity contribution in [2.75, 3.05) is 44.5 Å². The van der Waals surface area contributed by atoms with Gasteiger partial charge in [-0.15, -0.1) is 0 Å². The van der Waals surface area contributed by atoms with Crippen LogP contribution in [0.25, 0.3) is 0 Å². The molecule has 0 saturated carbocycles. The highest BCUT2D eigenvalue weighted by Gasteiger charge is 2.23. The molecule has 1 amide bonds. The summed E-state index contributed by atoms with van der Waals surface area (Å²) in [6.45, 7) is 4.77. The van der Waals surface area contributed by atoms with Gasteiger partial charge in [0.1, 0.15) is 5.75 Å². The minimum absolute atomic E-state index is 0.0660. The molecule has 6 nitrogen and oxygen atoms in total. The van der Waals surface area contributed by atoms with Crippen molar-refractivity contribution in [3.05, 3.63) is 18.2 Å². The highest BCUT2D eigenvalue weighted by molar-refractivity contribution is 5.97. The summed E-state index contributed by atoms with van der Waals surface area (Å²) in [5, 5.41) is 2.86. The van der Waals surface area contributed by atoms with E-state index < -0.39 is 0 Å². The lowest BCUT2D eigenvalue weighted by molar-refractivity contribution is -0.122. The number of nitrogens with zero attached hydrogens (tertiary/aromatic N) is 1. The lowest BCUT2D eigenvalue weighted by atomic mass is 10.2. The third-order valence-electron chi connectivity index (χ3n) is 3.49. The van der Waals surface area contributed by atoms with Crippen molar-refractivity contribution in [3.8, 4) is 5.75 Å². The van der Waals surface area contributed by atoms with E-state index in [4.69, 9.17) is 15.2 Å². The average molecular weight is 279 g/mol. The number of hydrogen-bond acceptors (Lipinski definition) is 5. The molecule has 2 rings (SSSR count). The van der Waals surface area contributed by atoms with Gasteiger partial charge >= 0.3 is 0 Å². The van der Waals surface area contributed by atoms with E-state index in [2.05, 4.69) is 10.2 Å². The first-order valence-corrected chi connectivity index (χ1v) is 6.68. The first kappa shape index (κ1) is 14.6. The zero-order valence-electron chi connectivity index (χ0n) is 11.9. The van der Waals surface area contributed by atoms with Crippen LogP contribution in [-0.2, 0) is 9.53 Å². The highest BCUT2D eigenvalue weighted by Crippen LogP contribution is 2.24. The fourth-order valence-electron chi connectivity index (χ4n) is 2.15. The van der Waals surface area contributed by atoms with Gasteiger partial charge < -0.3 is 20.5 Å². The molecule has 0 aromatic heterocycles. The first-order chi connectivity index (χ1) is 9.61. The van der Waals surface area contributed by atoms with Gasteiger partial charge in [-0.25, -0.2) is 0 Å². The predicted octanol–water partition coefficient (Wildman–Crippen LogP) is 0.937. The van der Waals surface area contributed by atoms with Crippen LogP contribution in [0.4, 0.5) is 11.4 Å². The summed E-state index contributed by atoms with van der Waals surface area (Å²) in [7, 11) is 1.58. The quantitative estimate of drug-likeness (QED) is 0.802. The van der Waals surface area contributed by atoms with Gasteiger partial charge in [0.25, 0.3) is 0 Å². The van der Waals surface area contributed by atoms with Crippen molar-refractivity contribution >= 4 is 17.3 Å². The Hall–Kier alpha value is -1.79. The SMILES string of the molecule is COc1ccc(NC(=O)C(C)N2CCOCC2)c(N)c1. The number of amides is 1. The predicted molar refractivity (Wildman–Crippen MR) is 77.9 cm³/mol. The first-order valence-electron chi connectivity index (χ1n) is 6.68. The molecule has 1 heterocycles. The summed E-state index contributed by atoms with van der Waals surface area (Å²) in [5.41, 5.74) is 7.00. The Morgan fingerprint density at radius 3 is 2.75 bits per heavy atom. The molecule has 110 valence electrons. The number of ether oxygens (including phenoxy) is 2. The molecule has 1 aliphatic heterocycles. The molecule has 0 radical (unpaired) electrons. The Kier molecular flexibility index (Phi) is 4.81. The van der Waals surface area contributed by atoms with E-state index in [1.807, 2.05) is 6.92 Å². The summed E-state index contributed by atoms with van der Waals surface area (Å²) >= 11 is 0. The fourth-order valence-corrected chi connectivity index (χ4v) is 2.15. The van der Waals surface area contributed by atoms with Crippen LogP contribution in [0.3, 0.4) is 0 Å². The van der Waals surface area contributed by atoms with Crippen LogP contribution in [0.1, 0.15) is 6.92 Å². The number of hydrogen-bond donors (Lipinski definition) is 2.